The molecule has 23 heavy (non-hydrogen) atoms. The minimum Gasteiger partial charge on any atom is -0.295 e. The fourth-order valence-corrected chi connectivity index (χ4v) is 5.93. The second-order valence-corrected chi connectivity index (χ2v) is 9.17. The minimum absolute atomic E-state index is 0.161. The Bertz CT molecular complexity index is 760. The van der Waals surface area contributed by atoms with Crippen LogP contribution in [-0.4, -0.2) is 11.8 Å². The fourth-order valence-electron chi connectivity index (χ4n) is 3.71. The third-order valence-electron chi connectivity index (χ3n) is 5.00. The van der Waals surface area contributed by atoms with Gasteiger partial charge in [-0.05, 0) is 63.8 Å². The first kappa shape index (κ1) is 16.4. The lowest BCUT2D eigenvalue weighted by Gasteiger charge is -2.18. The molecule has 1 aliphatic heterocycles. The van der Waals surface area contributed by atoms with E-state index in [4.69, 9.17) is 0 Å². The Balaban J connectivity index is 2.22. The Morgan fingerprint density at radius 1 is 0.652 bits per heavy atom. The van der Waals surface area contributed by atoms with E-state index in [2.05, 4.69) is 33.0 Å². The molecular weight excluding hydrogens is 326 g/mol. The number of amides is 2. The normalized spacial score (nSPS) is 21.1. The van der Waals surface area contributed by atoms with Gasteiger partial charge in [0.25, 0.3) is 0 Å². The van der Waals surface area contributed by atoms with E-state index in [1.54, 1.807) is 22.7 Å². The van der Waals surface area contributed by atoms with E-state index in [-0.39, 0.29) is 11.8 Å². The van der Waals surface area contributed by atoms with Gasteiger partial charge in [-0.1, -0.05) is 0 Å². The van der Waals surface area contributed by atoms with Crippen LogP contribution >= 0.6 is 22.7 Å². The van der Waals surface area contributed by atoms with Crippen molar-refractivity contribution in [1.82, 2.24) is 5.32 Å². The third kappa shape index (κ3) is 2.37. The van der Waals surface area contributed by atoms with Crippen LogP contribution in [0.2, 0.25) is 0 Å². The fraction of sp³-hybridized carbons (Fsp3) is 0.444. The van der Waals surface area contributed by atoms with Crippen molar-refractivity contribution in [1.29, 1.82) is 0 Å². The van der Waals surface area contributed by atoms with Gasteiger partial charge in [0.2, 0.25) is 11.8 Å². The highest BCUT2D eigenvalue weighted by molar-refractivity contribution is 7.12. The highest BCUT2D eigenvalue weighted by atomic mass is 32.1. The molecule has 0 spiro atoms. The van der Waals surface area contributed by atoms with Gasteiger partial charge in [-0.25, -0.2) is 0 Å². The van der Waals surface area contributed by atoms with Crippen LogP contribution in [0.5, 0.6) is 0 Å². The monoisotopic (exact) mass is 347 g/mol. The summed E-state index contributed by atoms with van der Waals surface area (Å²) in [4.78, 5) is 29.9. The lowest BCUT2D eigenvalue weighted by Crippen LogP contribution is -2.22. The maximum absolute atomic E-state index is 12.6. The molecule has 2 atom stereocenters. The van der Waals surface area contributed by atoms with Crippen molar-refractivity contribution in [2.75, 3.05) is 0 Å². The summed E-state index contributed by atoms with van der Waals surface area (Å²) in [6.45, 7) is 12.4. The van der Waals surface area contributed by atoms with Crippen molar-refractivity contribution in [3.63, 3.8) is 0 Å². The zero-order valence-corrected chi connectivity index (χ0v) is 15.9. The van der Waals surface area contributed by atoms with E-state index in [1.165, 1.54) is 9.75 Å². The van der Waals surface area contributed by atoms with E-state index < -0.39 is 11.8 Å². The van der Waals surface area contributed by atoms with E-state index in [1.807, 2.05) is 13.8 Å². The molecule has 0 radical (unpaired) electrons. The predicted molar refractivity (Wildman–Crippen MR) is 95.7 cm³/mol. The third-order valence-corrected chi connectivity index (χ3v) is 7.28. The molecule has 2 amide bonds. The van der Waals surface area contributed by atoms with Crippen molar-refractivity contribution in [3.05, 3.63) is 41.8 Å². The van der Waals surface area contributed by atoms with Crippen LogP contribution in [0.25, 0.3) is 0 Å². The molecule has 5 heteroatoms. The SMILES string of the molecule is Cc1sc(C)c(C2C(=O)NC(=O)C2c2c(C)sc(C)c2C)c1C. The maximum atomic E-state index is 12.6. The Morgan fingerprint density at radius 2 is 1.00 bits per heavy atom. The summed E-state index contributed by atoms with van der Waals surface area (Å²) in [6.07, 6.45) is 0. The first-order chi connectivity index (χ1) is 10.7. The molecule has 3 nitrogen and oxygen atoms in total. The molecule has 1 fully saturated rings. The summed E-state index contributed by atoms with van der Waals surface area (Å²) in [5, 5.41) is 2.57. The molecule has 122 valence electrons. The van der Waals surface area contributed by atoms with Gasteiger partial charge >= 0.3 is 0 Å². The average Bonchev–Trinajstić information content (AvgIpc) is 2.96. The second-order valence-electron chi connectivity index (χ2n) is 6.32. The van der Waals surface area contributed by atoms with Crippen LogP contribution in [0.15, 0.2) is 0 Å². The number of nitrogens with one attached hydrogen (secondary N) is 1. The van der Waals surface area contributed by atoms with Crippen LogP contribution < -0.4 is 5.32 Å². The topological polar surface area (TPSA) is 46.2 Å². The Hall–Kier alpha value is -1.46. The maximum Gasteiger partial charge on any atom is 0.235 e. The number of thiophene rings is 2. The molecule has 0 aromatic carbocycles. The smallest absolute Gasteiger partial charge is 0.235 e. The van der Waals surface area contributed by atoms with Crippen molar-refractivity contribution >= 4 is 34.5 Å². The molecule has 0 bridgehead atoms. The number of imide groups is 1. The van der Waals surface area contributed by atoms with Gasteiger partial charge in [-0.2, -0.15) is 0 Å². The summed E-state index contributed by atoms with van der Waals surface area (Å²) < 4.78 is 0. The molecule has 2 aromatic rings. The second kappa shape index (κ2) is 5.56. The number of aryl methyl sites for hydroxylation is 4. The van der Waals surface area contributed by atoms with E-state index >= 15 is 0 Å². The molecule has 1 aliphatic rings. The van der Waals surface area contributed by atoms with Gasteiger partial charge in [0.1, 0.15) is 0 Å². The highest BCUT2D eigenvalue weighted by Gasteiger charge is 2.46. The number of hydrogen-bond acceptors (Lipinski definition) is 4. The van der Waals surface area contributed by atoms with Crippen molar-refractivity contribution < 1.29 is 9.59 Å². The quantitative estimate of drug-likeness (QED) is 0.828. The molecule has 3 heterocycles. The Morgan fingerprint density at radius 3 is 1.26 bits per heavy atom. The Kier molecular flexibility index (Phi) is 3.97. The van der Waals surface area contributed by atoms with Crippen LogP contribution in [0.1, 0.15) is 53.6 Å². The summed E-state index contributed by atoms with van der Waals surface area (Å²) in [5.74, 6) is -1.13. The van der Waals surface area contributed by atoms with Crippen LogP contribution in [0, 0.1) is 41.5 Å². The minimum atomic E-state index is -0.404. The number of hydrogen-bond donors (Lipinski definition) is 1. The molecule has 0 saturated carbocycles. The zero-order chi connectivity index (χ0) is 17.0. The van der Waals surface area contributed by atoms with E-state index in [9.17, 15) is 9.59 Å². The molecule has 2 unspecified atom stereocenters. The van der Waals surface area contributed by atoms with Gasteiger partial charge < -0.3 is 0 Å². The number of carbonyl (C=O) groups is 2. The first-order valence-electron chi connectivity index (χ1n) is 7.71. The first-order valence-corrected chi connectivity index (χ1v) is 9.35. The molecule has 3 rings (SSSR count). The van der Waals surface area contributed by atoms with E-state index in [0.29, 0.717) is 0 Å². The van der Waals surface area contributed by atoms with Crippen molar-refractivity contribution in [2.45, 2.75) is 53.4 Å². The van der Waals surface area contributed by atoms with Crippen molar-refractivity contribution in [2.24, 2.45) is 0 Å². The van der Waals surface area contributed by atoms with Gasteiger partial charge in [0.15, 0.2) is 0 Å². The standard InChI is InChI=1S/C18H21NO2S2/c1-7-9(3)22-11(5)13(7)15-16(18(21)19-17(15)20)14-8(2)10(4)23-12(14)6/h15-16H,1-6H3,(H,19,20,21). The van der Waals surface area contributed by atoms with Crippen LogP contribution in [-0.2, 0) is 9.59 Å². The Labute approximate surface area is 144 Å². The molecular formula is C18H21NO2S2. The summed E-state index contributed by atoms with van der Waals surface area (Å²) >= 11 is 3.42. The van der Waals surface area contributed by atoms with Crippen LogP contribution in [0.3, 0.4) is 0 Å². The molecule has 1 saturated heterocycles. The predicted octanol–water partition coefficient (Wildman–Crippen LogP) is 4.18. The molecule has 1 N–H and O–H groups in total. The van der Waals surface area contributed by atoms with Gasteiger partial charge in [-0.3, -0.25) is 14.9 Å². The summed E-state index contributed by atoms with van der Waals surface area (Å²) in [6, 6.07) is 0. The van der Waals surface area contributed by atoms with Crippen molar-refractivity contribution in [3.8, 4) is 0 Å². The zero-order valence-electron chi connectivity index (χ0n) is 14.3. The molecule has 2 aromatic heterocycles. The van der Waals surface area contributed by atoms with Gasteiger partial charge in [0, 0.05) is 19.5 Å². The lowest BCUT2D eigenvalue weighted by molar-refractivity contribution is -0.125. The van der Waals surface area contributed by atoms with E-state index in [0.717, 1.165) is 32.0 Å². The number of carbonyl (C=O) groups excluding carboxylic acids is 2. The largest absolute Gasteiger partial charge is 0.295 e. The average molecular weight is 348 g/mol. The summed E-state index contributed by atoms with van der Waals surface area (Å²) in [5.41, 5.74) is 4.39. The highest BCUT2D eigenvalue weighted by Crippen LogP contribution is 2.46. The summed E-state index contributed by atoms with van der Waals surface area (Å²) in [7, 11) is 0. The number of rotatable bonds is 2. The van der Waals surface area contributed by atoms with Gasteiger partial charge in [0.05, 0.1) is 11.8 Å². The molecule has 0 aliphatic carbocycles. The lowest BCUT2D eigenvalue weighted by atomic mass is 9.80. The van der Waals surface area contributed by atoms with Crippen LogP contribution in [0.4, 0.5) is 0 Å². The van der Waals surface area contributed by atoms with Gasteiger partial charge in [-0.15, -0.1) is 22.7 Å².